The van der Waals surface area contributed by atoms with Crippen LogP contribution in [0.25, 0.3) is 0 Å². The van der Waals surface area contributed by atoms with Crippen LogP contribution in [-0.2, 0) is 9.53 Å². The van der Waals surface area contributed by atoms with Crippen LogP contribution in [0, 0.1) is 5.92 Å². The number of unbranched alkanes of at least 4 members (excludes halogenated alkanes) is 1. The lowest BCUT2D eigenvalue weighted by molar-refractivity contribution is -0.124. The standard InChI is InChI=1S/C13H27NO2/c1-4-6-10-16-11-7-9-14-13(15)12(3)8-5-2/h12H,4-11H2,1-3H3,(H,14,15). The average molecular weight is 229 g/mol. The molecule has 3 nitrogen and oxygen atoms in total. The van der Waals surface area contributed by atoms with Gasteiger partial charge in [0.15, 0.2) is 0 Å². The lowest BCUT2D eigenvalue weighted by Gasteiger charge is -2.10. The Bertz CT molecular complexity index is 171. The van der Waals surface area contributed by atoms with Crippen molar-refractivity contribution in [3.8, 4) is 0 Å². The van der Waals surface area contributed by atoms with Gasteiger partial charge < -0.3 is 10.1 Å². The van der Waals surface area contributed by atoms with Gasteiger partial charge in [0.2, 0.25) is 5.91 Å². The van der Waals surface area contributed by atoms with Crippen molar-refractivity contribution in [1.82, 2.24) is 5.32 Å². The van der Waals surface area contributed by atoms with E-state index in [4.69, 9.17) is 4.74 Å². The highest BCUT2D eigenvalue weighted by Crippen LogP contribution is 2.04. The van der Waals surface area contributed by atoms with Gasteiger partial charge in [0.1, 0.15) is 0 Å². The summed E-state index contributed by atoms with van der Waals surface area (Å²) in [6.45, 7) is 8.57. The van der Waals surface area contributed by atoms with E-state index in [2.05, 4.69) is 19.2 Å². The summed E-state index contributed by atoms with van der Waals surface area (Å²) in [6.07, 6.45) is 5.24. The zero-order valence-electron chi connectivity index (χ0n) is 11.1. The van der Waals surface area contributed by atoms with Crippen LogP contribution in [0.1, 0.15) is 52.9 Å². The second-order valence-electron chi connectivity index (χ2n) is 4.30. The summed E-state index contributed by atoms with van der Waals surface area (Å²) in [4.78, 5) is 11.5. The maximum absolute atomic E-state index is 11.5. The first kappa shape index (κ1) is 15.4. The van der Waals surface area contributed by atoms with Crippen molar-refractivity contribution >= 4 is 5.91 Å². The quantitative estimate of drug-likeness (QED) is 0.585. The molecule has 0 aliphatic heterocycles. The Morgan fingerprint density at radius 1 is 1.19 bits per heavy atom. The van der Waals surface area contributed by atoms with Crippen molar-refractivity contribution in [2.75, 3.05) is 19.8 Å². The van der Waals surface area contributed by atoms with Gasteiger partial charge in [-0.05, 0) is 19.3 Å². The molecular formula is C13H27NO2. The van der Waals surface area contributed by atoms with E-state index in [1.807, 2.05) is 6.92 Å². The number of ether oxygens (including phenoxy) is 1. The minimum atomic E-state index is 0.144. The second-order valence-corrected chi connectivity index (χ2v) is 4.30. The summed E-state index contributed by atoms with van der Waals surface area (Å²) in [5.74, 6) is 0.321. The van der Waals surface area contributed by atoms with E-state index >= 15 is 0 Å². The van der Waals surface area contributed by atoms with Gasteiger partial charge in [0, 0.05) is 25.7 Å². The third-order valence-electron chi connectivity index (χ3n) is 2.58. The average Bonchev–Trinajstić information content (AvgIpc) is 2.28. The van der Waals surface area contributed by atoms with Crippen molar-refractivity contribution in [3.05, 3.63) is 0 Å². The second kappa shape index (κ2) is 10.9. The van der Waals surface area contributed by atoms with Gasteiger partial charge in [-0.25, -0.2) is 0 Å². The molecule has 0 fully saturated rings. The third kappa shape index (κ3) is 8.72. The summed E-state index contributed by atoms with van der Waals surface area (Å²) in [7, 11) is 0. The zero-order chi connectivity index (χ0) is 12.2. The predicted molar refractivity (Wildman–Crippen MR) is 67.4 cm³/mol. The highest BCUT2D eigenvalue weighted by molar-refractivity contribution is 5.78. The highest BCUT2D eigenvalue weighted by atomic mass is 16.5. The van der Waals surface area contributed by atoms with Crippen molar-refractivity contribution < 1.29 is 9.53 Å². The summed E-state index contributed by atoms with van der Waals surface area (Å²) in [5, 5.41) is 2.94. The van der Waals surface area contributed by atoms with E-state index in [1.165, 1.54) is 6.42 Å². The molecule has 0 bridgehead atoms. The SMILES string of the molecule is CCCCOCCCNC(=O)C(C)CCC. The van der Waals surface area contributed by atoms with Gasteiger partial charge in [0.05, 0.1) is 0 Å². The first-order valence-electron chi connectivity index (χ1n) is 6.57. The van der Waals surface area contributed by atoms with Crippen molar-refractivity contribution in [2.24, 2.45) is 5.92 Å². The number of hydrogen-bond donors (Lipinski definition) is 1. The van der Waals surface area contributed by atoms with Crippen LogP contribution < -0.4 is 5.32 Å². The van der Waals surface area contributed by atoms with Crippen LogP contribution in [0.15, 0.2) is 0 Å². The highest BCUT2D eigenvalue weighted by Gasteiger charge is 2.09. The lowest BCUT2D eigenvalue weighted by atomic mass is 10.1. The molecule has 0 heterocycles. The largest absolute Gasteiger partial charge is 0.381 e. The number of nitrogens with one attached hydrogen (secondary N) is 1. The molecule has 0 aliphatic carbocycles. The Labute approximate surface area is 99.9 Å². The molecule has 1 unspecified atom stereocenters. The maximum Gasteiger partial charge on any atom is 0.222 e. The number of rotatable bonds is 10. The topological polar surface area (TPSA) is 38.3 Å². The number of carbonyl (C=O) groups is 1. The molecule has 96 valence electrons. The van der Waals surface area contributed by atoms with E-state index in [-0.39, 0.29) is 11.8 Å². The molecule has 1 amide bonds. The molecular weight excluding hydrogens is 202 g/mol. The van der Waals surface area contributed by atoms with Gasteiger partial charge >= 0.3 is 0 Å². The smallest absolute Gasteiger partial charge is 0.222 e. The molecule has 0 saturated heterocycles. The molecule has 3 heteroatoms. The van der Waals surface area contributed by atoms with E-state index in [1.54, 1.807) is 0 Å². The Kier molecular flexibility index (Phi) is 10.5. The Morgan fingerprint density at radius 3 is 2.50 bits per heavy atom. The van der Waals surface area contributed by atoms with Gasteiger partial charge in [-0.3, -0.25) is 4.79 Å². The number of carbonyl (C=O) groups excluding carboxylic acids is 1. The van der Waals surface area contributed by atoms with Crippen molar-refractivity contribution in [1.29, 1.82) is 0 Å². The van der Waals surface area contributed by atoms with Crippen LogP contribution in [0.5, 0.6) is 0 Å². The van der Waals surface area contributed by atoms with E-state index in [9.17, 15) is 4.79 Å². The third-order valence-corrected chi connectivity index (χ3v) is 2.58. The molecule has 0 aromatic rings. The Hall–Kier alpha value is -0.570. The molecule has 0 radical (unpaired) electrons. The molecule has 16 heavy (non-hydrogen) atoms. The minimum Gasteiger partial charge on any atom is -0.381 e. The van der Waals surface area contributed by atoms with Crippen molar-refractivity contribution in [3.63, 3.8) is 0 Å². The fourth-order valence-corrected chi connectivity index (χ4v) is 1.47. The van der Waals surface area contributed by atoms with Crippen molar-refractivity contribution in [2.45, 2.75) is 52.9 Å². The summed E-state index contributed by atoms with van der Waals surface area (Å²) in [5.41, 5.74) is 0. The van der Waals surface area contributed by atoms with Crippen LogP contribution in [0.3, 0.4) is 0 Å². The zero-order valence-corrected chi connectivity index (χ0v) is 11.1. The van der Waals surface area contributed by atoms with Gasteiger partial charge in [-0.2, -0.15) is 0 Å². The first-order valence-corrected chi connectivity index (χ1v) is 6.57. The molecule has 1 atom stereocenters. The van der Waals surface area contributed by atoms with Gasteiger partial charge in [0.25, 0.3) is 0 Å². The van der Waals surface area contributed by atoms with Crippen LogP contribution in [0.4, 0.5) is 0 Å². The monoisotopic (exact) mass is 229 g/mol. The molecule has 0 spiro atoms. The number of amides is 1. The van der Waals surface area contributed by atoms with E-state index in [0.717, 1.165) is 45.4 Å². The molecule has 0 aliphatic rings. The molecule has 1 N–H and O–H groups in total. The van der Waals surface area contributed by atoms with Crippen LogP contribution >= 0.6 is 0 Å². The lowest BCUT2D eigenvalue weighted by Crippen LogP contribution is -2.30. The van der Waals surface area contributed by atoms with Crippen LogP contribution in [-0.4, -0.2) is 25.7 Å². The fraction of sp³-hybridized carbons (Fsp3) is 0.923. The van der Waals surface area contributed by atoms with Crippen LogP contribution in [0.2, 0.25) is 0 Å². The normalized spacial score (nSPS) is 12.4. The maximum atomic E-state index is 11.5. The fourth-order valence-electron chi connectivity index (χ4n) is 1.47. The minimum absolute atomic E-state index is 0.144. The van der Waals surface area contributed by atoms with Gasteiger partial charge in [-0.15, -0.1) is 0 Å². The molecule has 0 aromatic heterocycles. The van der Waals surface area contributed by atoms with E-state index in [0.29, 0.717) is 0 Å². The van der Waals surface area contributed by atoms with E-state index < -0.39 is 0 Å². The predicted octanol–water partition coefficient (Wildman–Crippen LogP) is 2.75. The number of hydrogen-bond acceptors (Lipinski definition) is 2. The molecule has 0 aromatic carbocycles. The van der Waals surface area contributed by atoms with Gasteiger partial charge in [-0.1, -0.05) is 33.6 Å². The Morgan fingerprint density at radius 2 is 1.88 bits per heavy atom. The Balaban J connectivity index is 3.27. The molecule has 0 rings (SSSR count). The summed E-state index contributed by atoms with van der Waals surface area (Å²) >= 11 is 0. The summed E-state index contributed by atoms with van der Waals surface area (Å²) < 4.78 is 5.41. The summed E-state index contributed by atoms with van der Waals surface area (Å²) in [6, 6.07) is 0. The molecule has 0 saturated carbocycles. The first-order chi connectivity index (χ1) is 7.72.